The Morgan fingerprint density at radius 2 is 1.94 bits per heavy atom. The summed E-state index contributed by atoms with van der Waals surface area (Å²) < 4.78 is 1.79. The number of benzene rings is 1. The smallest absolute Gasteiger partial charge is 0.103 e. The van der Waals surface area contributed by atoms with Crippen LogP contribution in [0.4, 0.5) is 0 Å². The van der Waals surface area contributed by atoms with Crippen molar-refractivity contribution in [3.05, 3.63) is 46.7 Å². The average Bonchev–Trinajstić information content (AvgIpc) is 2.73. The van der Waals surface area contributed by atoms with Crippen LogP contribution in [-0.2, 0) is 0 Å². The highest BCUT2D eigenvalue weighted by molar-refractivity contribution is 6.30. The zero-order valence-electron chi connectivity index (χ0n) is 9.68. The van der Waals surface area contributed by atoms with Gasteiger partial charge in [0.1, 0.15) is 6.07 Å². The minimum Gasteiger partial charge on any atom is -0.236 e. The van der Waals surface area contributed by atoms with E-state index in [1.54, 1.807) is 10.9 Å². The summed E-state index contributed by atoms with van der Waals surface area (Å²) in [7, 11) is 0. The Kier molecular flexibility index (Phi) is 3.16. The highest BCUT2D eigenvalue weighted by Gasteiger charge is 2.14. The lowest BCUT2D eigenvalue weighted by Crippen LogP contribution is -2.04. The summed E-state index contributed by atoms with van der Waals surface area (Å²) in [5.41, 5.74) is 2.46. The van der Waals surface area contributed by atoms with E-state index in [2.05, 4.69) is 11.2 Å². The summed E-state index contributed by atoms with van der Waals surface area (Å²) in [6, 6.07) is 9.58. The summed E-state index contributed by atoms with van der Waals surface area (Å²) >= 11 is 5.85. The monoisotopic (exact) mass is 245 g/mol. The van der Waals surface area contributed by atoms with E-state index in [0.717, 1.165) is 11.4 Å². The highest BCUT2D eigenvalue weighted by Crippen LogP contribution is 2.23. The number of rotatable bonds is 2. The molecule has 2 rings (SSSR count). The number of nitriles is 1. The summed E-state index contributed by atoms with van der Waals surface area (Å²) in [4.78, 5) is 0. The van der Waals surface area contributed by atoms with Crippen LogP contribution < -0.4 is 0 Å². The number of halogens is 1. The third-order valence-corrected chi connectivity index (χ3v) is 2.80. The predicted molar refractivity (Wildman–Crippen MR) is 67.4 cm³/mol. The summed E-state index contributed by atoms with van der Waals surface area (Å²) in [5, 5.41) is 14.0. The van der Waals surface area contributed by atoms with Crippen molar-refractivity contribution in [2.75, 3.05) is 0 Å². The molecule has 0 radical (unpaired) electrons. The fourth-order valence-corrected chi connectivity index (χ4v) is 1.91. The molecule has 0 fully saturated rings. The normalized spacial score (nSPS) is 10.5. The maximum Gasteiger partial charge on any atom is 0.103 e. The molecular weight excluding hydrogens is 234 g/mol. The van der Waals surface area contributed by atoms with E-state index in [1.807, 2.05) is 38.1 Å². The highest BCUT2D eigenvalue weighted by atomic mass is 35.5. The molecule has 0 spiro atoms. The molecule has 0 saturated carbocycles. The van der Waals surface area contributed by atoms with Crippen molar-refractivity contribution in [3.8, 4) is 11.8 Å². The number of hydrogen-bond acceptors (Lipinski definition) is 2. The van der Waals surface area contributed by atoms with Crippen molar-refractivity contribution in [2.45, 2.75) is 19.8 Å². The predicted octanol–water partition coefficient (Wildman–Crippen LogP) is 3.52. The largest absolute Gasteiger partial charge is 0.236 e. The Morgan fingerprint density at radius 3 is 2.47 bits per heavy atom. The first-order valence-corrected chi connectivity index (χ1v) is 5.75. The van der Waals surface area contributed by atoms with Crippen LogP contribution in [0.2, 0.25) is 5.02 Å². The average molecular weight is 246 g/mol. The molecule has 0 aliphatic rings. The van der Waals surface area contributed by atoms with E-state index in [-0.39, 0.29) is 5.92 Å². The van der Waals surface area contributed by atoms with Crippen molar-refractivity contribution >= 4 is 11.6 Å². The van der Waals surface area contributed by atoms with Crippen molar-refractivity contribution in [1.82, 2.24) is 9.78 Å². The van der Waals surface area contributed by atoms with Gasteiger partial charge in [-0.15, -0.1) is 0 Å². The molecule has 0 aliphatic carbocycles. The van der Waals surface area contributed by atoms with Gasteiger partial charge in [-0.3, -0.25) is 0 Å². The molecule has 1 heterocycles. The molecule has 0 unspecified atom stereocenters. The minimum atomic E-state index is 0.239. The molecule has 0 N–H and O–H groups in total. The second-order valence-corrected chi connectivity index (χ2v) is 4.53. The van der Waals surface area contributed by atoms with E-state index >= 15 is 0 Å². The molecule has 86 valence electrons. The van der Waals surface area contributed by atoms with Gasteiger partial charge < -0.3 is 0 Å². The van der Waals surface area contributed by atoms with Gasteiger partial charge in [-0.05, 0) is 30.2 Å². The van der Waals surface area contributed by atoms with Gasteiger partial charge in [-0.25, -0.2) is 4.68 Å². The molecule has 3 nitrogen and oxygen atoms in total. The van der Waals surface area contributed by atoms with Crippen LogP contribution in [0.25, 0.3) is 5.69 Å². The van der Waals surface area contributed by atoms with Crippen LogP contribution in [0.3, 0.4) is 0 Å². The Balaban J connectivity index is 2.56. The molecule has 0 amide bonds. The molecule has 17 heavy (non-hydrogen) atoms. The van der Waals surface area contributed by atoms with Gasteiger partial charge in [-0.1, -0.05) is 25.4 Å². The maximum absolute atomic E-state index is 9.05. The lowest BCUT2D eigenvalue weighted by Gasteiger charge is -2.10. The molecule has 0 aliphatic heterocycles. The van der Waals surface area contributed by atoms with Crippen molar-refractivity contribution in [2.24, 2.45) is 0 Å². The second-order valence-electron chi connectivity index (χ2n) is 4.10. The van der Waals surface area contributed by atoms with E-state index in [0.29, 0.717) is 10.6 Å². The van der Waals surface area contributed by atoms with Gasteiger partial charge in [0.05, 0.1) is 23.1 Å². The minimum absolute atomic E-state index is 0.239. The van der Waals surface area contributed by atoms with Gasteiger partial charge in [0.2, 0.25) is 0 Å². The molecule has 1 aromatic carbocycles. The lowest BCUT2D eigenvalue weighted by atomic mass is 10.1. The van der Waals surface area contributed by atoms with Crippen LogP contribution in [0.15, 0.2) is 30.5 Å². The standard InChI is InChI=1S/C13H12ClN3/c1-9(2)13-10(7-15)8-16-17(13)12-5-3-11(14)4-6-12/h3-6,8-9H,1-2H3. The van der Waals surface area contributed by atoms with Gasteiger partial charge in [0.15, 0.2) is 0 Å². The number of aromatic nitrogens is 2. The maximum atomic E-state index is 9.05. The third kappa shape index (κ3) is 2.17. The van der Waals surface area contributed by atoms with E-state index in [9.17, 15) is 0 Å². The Morgan fingerprint density at radius 1 is 1.29 bits per heavy atom. The lowest BCUT2D eigenvalue weighted by molar-refractivity contribution is 0.732. The fraction of sp³-hybridized carbons (Fsp3) is 0.231. The van der Waals surface area contributed by atoms with Crippen LogP contribution >= 0.6 is 11.6 Å². The van der Waals surface area contributed by atoms with E-state index in [1.165, 1.54) is 0 Å². The molecule has 0 saturated heterocycles. The summed E-state index contributed by atoms with van der Waals surface area (Å²) in [5.74, 6) is 0.239. The summed E-state index contributed by atoms with van der Waals surface area (Å²) in [6.07, 6.45) is 1.60. The fourth-order valence-electron chi connectivity index (χ4n) is 1.79. The Labute approximate surface area is 105 Å². The molecule has 0 atom stereocenters. The first kappa shape index (κ1) is 11.7. The third-order valence-electron chi connectivity index (χ3n) is 2.54. The van der Waals surface area contributed by atoms with Gasteiger partial charge >= 0.3 is 0 Å². The molecule has 2 aromatic rings. The molecule has 1 aromatic heterocycles. The molecule has 4 heteroatoms. The van der Waals surface area contributed by atoms with Crippen molar-refractivity contribution in [1.29, 1.82) is 5.26 Å². The van der Waals surface area contributed by atoms with E-state index < -0.39 is 0 Å². The topological polar surface area (TPSA) is 41.6 Å². The zero-order chi connectivity index (χ0) is 12.4. The number of nitrogens with zero attached hydrogens (tertiary/aromatic N) is 3. The van der Waals surface area contributed by atoms with Crippen LogP contribution in [0.5, 0.6) is 0 Å². The number of hydrogen-bond donors (Lipinski definition) is 0. The van der Waals surface area contributed by atoms with Gasteiger partial charge in [0.25, 0.3) is 0 Å². The van der Waals surface area contributed by atoms with Crippen molar-refractivity contribution < 1.29 is 0 Å². The van der Waals surface area contributed by atoms with Crippen molar-refractivity contribution in [3.63, 3.8) is 0 Å². The van der Waals surface area contributed by atoms with Crippen LogP contribution in [-0.4, -0.2) is 9.78 Å². The first-order valence-electron chi connectivity index (χ1n) is 5.37. The van der Waals surface area contributed by atoms with Crippen LogP contribution in [0, 0.1) is 11.3 Å². The SMILES string of the molecule is CC(C)c1c(C#N)cnn1-c1ccc(Cl)cc1. The van der Waals surface area contributed by atoms with Gasteiger partial charge in [-0.2, -0.15) is 10.4 Å². The molecule has 0 bridgehead atoms. The Hall–Kier alpha value is -1.79. The van der Waals surface area contributed by atoms with Gasteiger partial charge in [0, 0.05) is 5.02 Å². The first-order chi connectivity index (χ1) is 8.13. The molecular formula is C13H12ClN3. The van der Waals surface area contributed by atoms with E-state index in [4.69, 9.17) is 16.9 Å². The second kappa shape index (κ2) is 4.60. The van der Waals surface area contributed by atoms with Crippen LogP contribution in [0.1, 0.15) is 31.0 Å². The zero-order valence-corrected chi connectivity index (χ0v) is 10.4. The summed E-state index contributed by atoms with van der Waals surface area (Å²) in [6.45, 7) is 4.09. The Bertz CT molecular complexity index is 561. The quantitative estimate of drug-likeness (QED) is 0.812.